The van der Waals surface area contributed by atoms with Crippen molar-refractivity contribution in [2.75, 3.05) is 0 Å². The van der Waals surface area contributed by atoms with Crippen LogP contribution >= 0.6 is 0 Å². The summed E-state index contributed by atoms with van der Waals surface area (Å²) in [7, 11) is 0. The number of carbonyl (C=O) groups excluding carboxylic acids is 3. The van der Waals surface area contributed by atoms with Gasteiger partial charge in [-0.3, -0.25) is 0 Å². The molecule has 3 rings (SSSR count). The maximum atomic E-state index is 12.8. The molecular weight excluding hydrogens is 396 g/mol. The van der Waals surface area contributed by atoms with Crippen LogP contribution in [0.1, 0.15) is 49.7 Å². The van der Waals surface area contributed by atoms with E-state index in [0.29, 0.717) is 28.1 Å². The molecular formula is C24H26N2O5. The number of amides is 2. The third-order valence-corrected chi connectivity index (χ3v) is 4.68. The number of ether oxygens (including phenoxy) is 2. The van der Waals surface area contributed by atoms with E-state index in [1.54, 1.807) is 62.4 Å². The third kappa shape index (κ3) is 5.31. The van der Waals surface area contributed by atoms with Crippen molar-refractivity contribution in [3.63, 3.8) is 0 Å². The molecule has 1 aliphatic heterocycles. The first-order chi connectivity index (χ1) is 14.8. The van der Waals surface area contributed by atoms with Crippen molar-refractivity contribution in [1.82, 2.24) is 10.6 Å². The molecule has 0 saturated carbocycles. The van der Waals surface area contributed by atoms with Gasteiger partial charge in [-0.1, -0.05) is 44.2 Å². The molecule has 0 fully saturated rings. The summed E-state index contributed by atoms with van der Waals surface area (Å²) in [5.41, 5.74) is 2.00. The maximum Gasteiger partial charge on any atom is 0.343 e. The molecule has 1 aliphatic rings. The van der Waals surface area contributed by atoms with E-state index in [4.69, 9.17) is 9.47 Å². The minimum absolute atomic E-state index is 0.0886. The van der Waals surface area contributed by atoms with Crippen LogP contribution in [-0.4, -0.2) is 24.1 Å². The summed E-state index contributed by atoms with van der Waals surface area (Å²) in [6, 6.07) is 14.3. The van der Waals surface area contributed by atoms with Gasteiger partial charge in [-0.15, -0.1) is 0 Å². The van der Waals surface area contributed by atoms with Crippen molar-refractivity contribution in [3.8, 4) is 5.75 Å². The van der Waals surface area contributed by atoms with E-state index >= 15 is 0 Å². The average molecular weight is 422 g/mol. The van der Waals surface area contributed by atoms with Crippen LogP contribution in [0.3, 0.4) is 0 Å². The predicted octanol–water partition coefficient (Wildman–Crippen LogP) is 4.12. The highest BCUT2D eigenvalue weighted by molar-refractivity contribution is 5.95. The quantitative estimate of drug-likeness (QED) is 0.539. The number of rotatable bonds is 6. The smallest absolute Gasteiger partial charge is 0.343 e. The Morgan fingerprint density at radius 3 is 2.13 bits per heavy atom. The van der Waals surface area contributed by atoms with E-state index < -0.39 is 24.0 Å². The molecule has 0 spiro atoms. The normalized spacial score (nSPS) is 16.1. The molecule has 1 heterocycles. The maximum absolute atomic E-state index is 12.8. The van der Waals surface area contributed by atoms with Gasteiger partial charge in [-0.2, -0.15) is 0 Å². The lowest BCUT2D eigenvalue weighted by Gasteiger charge is -2.31. The van der Waals surface area contributed by atoms with Gasteiger partial charge in [0.1, 0.15) is 5.75 Å². The molecule has 1 atom stereocenters. The summed E-state index contributed by atoms with van der Waals surface area (Å²) in [6.45, 7) is 7.33. The van der Waals surface area contributed by atoms with E-state index in [2.05, 4.69) is 10.6 Å². The van der Waals surface area contributed by atoms with Crippen molar-refractivity contribution in [2.24, 2.45) is 5.92 Å². The Bertz CT molecular complexity index is 994. The highest BCUT2D eigenvalue weighted by atomic mass is 16.5. The van der Waals surface area contributed by atoms with Crippen molar-refractivity contribution >= 4 is 18.0 Å². The SMILES string of the molecule is CC(C)OC(=O)C1=C(C(C)C)NC(=O)NC1c1ccc(OC(=O)c2ccccc2)cc1. The zero-order valence-corrected chi connectivity index (χ0v) is 18.0. The Labute approximate surface area is 181 Å². The Morgan fingerprint density at radius 1 is 0.903 bits per heavy atom. The Balaban J connectivity index is 1.88. The molecule has 0 saturated heterocycles. The van der Waals surface area contributed by atoms with E-state index in [1.165, 1.54) is 0 Å². The zero-order chi connectivity index (χ0) is 22.5. The van der Waals surface area contributed by atoms with Gasteiger partial charge in [0.25, 0.3) is 0 Å². The van der Waals surface area contributed by atoms with Gasteiger partial charge in [0.2, 0.25) is 0 Å². The second-order valence-electron chi connectivity index (χ2n) is 7.79. The van der Waals surface area contributed by atoms with Crippen LogP contribution in [0.5, 0.6) is 5.75 Å². The van der Waals surface area contributed by atoms with E-state index in [9.17, 15) is 14.4 Å². The summed E-state index contributed by atoms with van der Waals surface area (Å²) in [5.74, 6) is -0.686. The minimum Gasteiger partial charge on any atom is -0.459 e. The van der Waals surface area contributed by atoms with Crippen LogP contribution in [0.2, 0.25) is 0 Å². The van der Waals surface area contributed by atoms with Crippen LogP contribution in [0, 0.1) is 5.92 Å². The number of hydrogen-bond donors (Lipinski definition) is 2. The average Bonchev–Trinajstić information content (AvgIpc) is 2.73. The van der Waals surface area contributed by atoms with Crippen molar-refractivity contribution in [3.05, 3.63) is 77.0 Å². The lowest BCUT2D eigenvalue weighted by atomic mass is 9.91. The van der Waals surface area contributed by atoms with Crippen LogP contribution in [0.15, 0.2) is 65.9 Å². The van der Waals surface area contributed by atoms with Crippen molar-refractivity contribution in [2.45, 2.75) is 39.8 Å². The molecule has 2 aromatic carbocycles. The largest absolute Gasteiger partial charge is 0.459 e. The summed E-state index contributed by atoms with van der Waals surface area (Å²) < 4.78 is 10.8. The van der Waals surface area contributed by atoms with E-state index in [1.807, 2.05) is 19.9 Å². The Morgan fingerprint density at radius 2 is 1.55 bits per heavy atom. The number of urea groups is 1. The molecule has 31 heavy (non-hydrogen) atoms. The molecule has 2 N–H and O–H groups in total. The van der Waals surface area contributed by atoms with Crippen molar-refractivity contribution < 1.29 is 23.9 Å². The van der Waals surface area contributed by atoms with Gasteiger partial charge in [0, 0.05) is 5.70 Å². The van der Waals surface area contributed by atoms with Crippen LogP contribution in [0.25, 0.3) is 0 Å². The lowest BCUT2D eigenvalue weighted by molar-refractivity contribution is -0.143. The first-order valence-electron chi connectivity index (χ1n) is 10.2. The van der Waals surface area contributed by atoms with Gasteiger partial charge in [-0.25, -0.2) is 14.4 Å². The molecule has 7 heteroatoms. The van der Waals surface area contributed by atoms with Gasteiger partial charge in [0.15, 0.2) is 0 Å². The number of nitrogens with one attached hydrogen (secondary N) is 2. The van der Waals surface area contributed by atoms with Gasteiger partial charge < -0.3 is 20.1 Å². The fourth-order valence-electron chi connectivity index (χ4n) is 3.26. The summed E-state index contributed by atoms with van der Waals surface area (Å²) in [5, 5.41) is 5.53. The van der Waals surface area contributed by atoms with E-state index in [-0.39, 0.29) is 12.0 Å². The van der Waals surface area contributed by atoms with E-state index in [0.717, 1.165) is 0 Å². The molecule has 7 nitrogen and oxygen atoms in total. The predicted molar refractivity (Wildman–Crippen MR) is 115 cm³/mol. The number of benzene rings is 2. The number of esters is 2. The summed E-state index contributed by atoms with van der Waals surface area (Å²) in [6.07, 6.45) is -0.300. The first-order valence-corrected chi connectivity index (χ1v) is 10.2. The fourth-order valence-corrected chi connectivity index (χ4v) is 3.26. The molecule has 0 aromatic heterocycles. The number of carbonyl (C=O) groups is 3. The molecule has 0 radical (unpaired) electrons. The van der Waals surface area contributed by atoms with Gasteiger partial charge >= 0.3 is 18.0 Å². The monoisotopic (exact) mass is 422 g/mol. The molecule has 1 unspecified atom stereocenters. The van der Waals surface area contributed by atoms with Crippen LogP contribution in [0.4, 0.5) is 4.79 Å². The van der Waals surface area contributed by atoms with Gasteiger partial charge in [0.05, 0.1) is 23.3 Å². The highest BCUT2D eigenvalue weighted by Crippen LogP contribution is 2.31. The number of hydrogen-bond acceptors (Lipinski definition) is 5. The molecule has 0 aliphatic carbocycles. The standard InChI is InChI=1S/C24H26N2O5/c1-14(2)20-19(23(28)30-15(3)4)21(26-24(29)25-20)16-10-12-18(13-11-16)31-22(27)17-8-6-5-7-9-17/h5-15,21H,1-4H3,(H2,25,26,29). The zero-order valence-electron chi connectivity index (χ0n) is 18.0. The second kappa shape index (κ2) is 9.47. The second-order valence-corrected chi connectivity index (χ2v) is 7.79. The molecule has 2 aromatic rings. The van der Waals surface area contributed by atoms with Crippen LogP contribution in [-0.2, 0) is 9.53 Å². The summed E-state index contributed by atoms with van der Waals surface area (Å²) in [4.78, 5) is 37.3. The van der Waals surface area contributed by atoms with Gasteiger partial charge in [-0.05, 0) is 49.6 Å². The minimum atomic E-state index is -0.684. The molecule has 2 amide bonds. The Hall–Kier alpha value is -3.61. The lowest BCUT2D eigenvalue weighted by Crippen LogP contribution is -2.47. The highest BCUT2D eigenvalue weighted by Gasteiger charge is 2.35. The van der Waals surface area contributed by atoms with Crippen molar-refractivity contribution in [1.29, 1.82) is 0 Å². The summed E-state index contributed by atoms with van der Waals surface area (Å²) >= 11 is 0. The number of allylic oxidation sites excluding steroid dienone is 1. The molecule has 0 bridgehead atoms. The first kappa shape index (κ1) is 22.1. The van der Waals surface area contributed by atoms with Crippen LogP contribution < -0.4 is 15.4 Å². The Kier molecular flexibility index (Phi) is 6.74. The topological polar surface area (TPSA) is 93.7 Å². The fraction of sp³-hybridized carbons (Fsp3) is 0.292. The third-order valence-electron chi connectivity index (χ3n) is 4.68. The molecule has 162 valence electrons.